The maximum absolute atomic E-state index is 13.0. The molecule has 2 aromatic carbocycles. The first-order chi connectivity index (χ1) is 15.5. The molecule has 3 aromatic rings. The van der Waals surface area contributed by atoms with Crippen molar-refractivity contribution in [2.45, 2.75) is 51.5 Å². The molecule has 0 radical (unpaired) electrons. The van der Waals surface area contributed by atoms with Crippen LogP contribution in [0.2, 0.25) is 5.02 Å². The number of unbranched alkanes of at least 4 members (excludes halogenated alkanes) is 3. The van der Waals surface area contributed by atoms with Gasteiger partial charge in [0.05, 0.1) is 0 Å². The number of benzene rings is 2. The molecule has 0 saturated carbocycles. The molecule has 168 valence electrons. The van der Waals surface area contributed by atoms with E-state index in [1.165, 1.54) is 11.3 Å². The van der Waals surface area contributed by atoms with Crippen LogP contribution in [0.15, 0.2) is 54.6 Å². The van der Waals surface area contributed by atoms with Gasteiger partial charge in [-0.1, -0.05) is 91.6 Å². The van der Waals surface area contributed by atoms with Gasteiger partial charge in [-0.2, -0.15) is 0 Å². The van der Waals surface area contributed by atoms with E-state index in [-0.39, 0.29) is 11.8 Å². The summed E-state index contributed by atoms with van der Waals surface area (Å²) in [6.07, 6.45) is 4.86. The summed E-state index contributed by atoms with van der Waals surface area (Å²) in [6.45, 7) is 2.13. The average Bonchev–Trinajstić information content (AvgIpc) is 3.26. The second-order valence-corrected chi connectivity index (χ2v) is 8.94. The number of rotatable bonds is 11. The van der Waals surface area contributed by atoms with Crippen LogP contribution in [0.4, 0.5) is 5.13 Å². The molecule has 0 spiro atoms. The number of nitrogens with one attached hydrogen (secondary N) is 2. The Morgan fingerprint density at radius 2 is 1.75 bits per heavy atom. The zero-order chi connectivity index (χ0) is 22.8. The van der Waals surface area contributed by atoms with Gasteiger partial charge in [-0.05, 0) is 24.1 Å². The minimum Gasteiger partial charge on any atom is -0.344 e. The molecule has 0 saturated heterocycles. The van der Waals surface area contributed by atoms with Crippen molar-refractivity contribution >= 4 is 39.9 Å². The number of carbonyl (C=O) groups is 2. The summed E-state index contributed by atoms with van der Waals surface area (Å²) in [7, 11) is 0. The fraction of sp³-hybridized carbons (Fsp3) is 0.333. The van der Waals surface area contributed by atoms with Gasteiger partial charge in [-0.3, -0.25) is 14.9 Å². The maximum Gasteiger partial charge on any atom is 0.249 e. The van der Waals surface area contributed by atoms with Gasteiger partial charge in [0.25, 0.3) is 0 Å². The third-order valence-corrected chi connectivity index (χ3v) is 6.08. The highest BCUT2D eigenvalue weighted by Gasteiger charge is 2.22. The number of carbonyl (C=O) groups excluding carboxylic acids is 2. The number of hydrogen-bond acceptors (Lipinski definition) is 5. The number of nitrogens with zero attached hydrogens (tertiary/aromatic N) is 2. The highest BCUT2D eigenvalue weighted by molar-refractivity contribution is 7.18. The molecular formula is C24H27ClN4O2S. The summed E-state index contributed by atoms with van der Waals surface area (Å²) in [5.74, 6) is -0.425. The fourth-order valence-corrected chi connectivity index (χ4v) is 4.09. The molecule has 8 heteroatoms. The predicted molar refractivity (Wildman–Crippen MR) is 130 cm³/mol. The Morgan fingerprint density at radius 3 is 2.47 bits per heavy atom. The minimum absolute atomic E-state index is 0.115. The SMILES string of the molecule is CCCCCCC(=O)N[C@@H](Cc1ccccc1)C(=O)Nc1nnc(-c2ccc(Cl)cc2)s1. The highest BCUT2D eigenvalue weighted by Crippen LogP contribution is 2.27. The van der Waals surface area contributed by atoms with Gasteiger partial charge in [0.2, 0.25) is 16.9 Å². The van der Waals surface area contributed by atoms with Crippen molar-refractivity contribution in [3.8, 4) is 10.6 Å². The van der Waals surface area contributed by atoms with Crippen LogP contribution in [0.1, 0.15) is 44.6 Å². The topological polar surface area (TPSA) is 84.0 Å². The van der Waals surface area contributed by atoms with E-state index in [9.17, 15) is 9.59 Å². The largest absolute Gasteiger partial charge is 0.344 e. The summed E-state index contributed by atoms with van der Waals surface area (Å²) in [5.41, 5.74) is 1.84. The van der Waals surface area contributed by atoms with E-state index in [4.69, 9.17) is 11.6 Å². The minimum atomic E-state index is -0.695. The van der Waals surface area contributed by atoms with E-state index >= 15 is 0 Å². The van der Waals surface area contributed by atoms with Crippen molar-refractivity contribution in [1.29, 1.82) is 0 Å². The molecule has 3 rings (SSSR count). The Balaban J connectivity index is 1.66. The highest BCUT2D eigenvalue weighted by atomic mass is 35.5. The van der Waals surface area contributed by atoms with Crippen LogP contribution in [0, 0.1) is 0 Å². The lowest BCUT2D eigenvalue weighted by Gasteiger charge is -2.18. The van der Waals surface area contributed by atoms with Gasteiger partial charge in [-0.15, -0.1) is 10.2 Å². The first-order valence-electron chi connectivity index (χ1n) is 10.8. The van der Waals surface area contributed by atoms with E-state index in [1.54, 1.807) is 12.1 Å². The molecular weight excluding hydrogens is 444 g/mol. The standard InChI is InChI=1S/C24H27ClN4O2S/c1-2-3-4-8-11-21(30)26-20(16-17-9-6-5-7-10-17)22(31)27-24-29-28-23(32-24)18-12-14-19(25)15-13-18/h5-7,9-10,12-15,20H,2-4,8,11,16H2,1H3,(H,26,30)(H,27,29,31)/t20-/m0/s1. The Kier molecular flexibility index (Phi) is 9.19. The fourth-order valence-electron chi connectivity index (χ4n) is 3.21. The van der Waals surface area contributed by atoms with E-state index < -0.39 is 6.04 Å². The molecule has 2 amide bonds. The third kappa shape index (κ3) is 7.43. The van der Waals surface area contributed by atoms with Gasteiger partial charge in [0.1, 0.15) is 11.0 Å². The number of amides is 2. The molecule has 1 heterocycles. The van der Waals surface area contributed by atoms with Crippen molar-refractivity contribution < 1.29 is 9.59 Å². The molecule has 2 N–H and O–H groups in total. The Labute approximate surface area is 197 Å². The number of aromatic nitrogens is 2. The van der Waals surface area contributed by atoms with Crippen molar-refractivity contribution in [2.75, 3.05) is 5.32 Å². The van der Waals surface area contributed by atoms with Crippen LogP contribution in [-0.2, 0) is 16.0 Å². The van der Waals surface area contributed by atoms with Gasteiger partial charge >= 0.3 is 0 Å². The summed E-state index contributed by atoms with van der Waals surface area (Å²) < 4.78 is 0. The molecule has 0 aliphatic carbocycles. The average molecular weight is 471 g/mol. The normalized spacial score (nSPS) is 11.7. The molecule has 6 nitrogen and oxygen atoms in total. The van der Waals surface area contributed by atoms with Crippen LogP contribution in [0.3, 0.4) is 0 Å². The maximum atomic E-state index is 13.0. The Morgan fingerprint density at radius 1 is 1.00 bits per heavy atom. The van der Waals surface area contributed by atoms with Crippen LogP contribution in [-0.4, -0.2) is 28.1 Å². The monoisotopic (exact) mass is 470 g/mol. The van der Waals surface area contributed by atoms with Crippen LogP contribution < -0.4 is 10.6 Å². The van der Waals surface area contributed by atoms with Crippen LogP contribution in [0.5, 0.6) is 0 Å². The lowest BCUT2D eigenvalue weighted by Crippen LogP contribution is -2.45. The summed E-state index contributed by atoms with van der Waals surface area (Å²) in [5, 5.41) is 15.6. The Hall–Kier alpha value is -2.77. The van der Waals surface area contributed by atoms with Crippen molar-refractivity contribution in [1.82, 2.24) is 15.5 Å². The molecule has 32 heavy (non-hydrogen) atoms. The second-order valence-electron chi connectivity index (χ2n) is 7.53. The van der Waals surface area contributed by atoms with Gasteiger partial charge in [-0.25, -0.2) is 0 Å². The van der Waals surface area contributed by atoms with E-state index in [2.05, 4.69) is 27.8 Å². The zero-order valence-electron chi connectivity index (χ0n) is 18.0. The molecule has 0 aliphatic rings. The number of halogens is 1. The van der Waals surface area contributed by atoms with E-state index in [0.29, 0.717) is 28.0 Å². The first kappa shape index (κ1) is 23.9. The second kappa shape index (κ2) is 12.3. The third-order valence-electron chi connectivity index (χ3n) is 4.94. The van der Waals surface area contributed by atoms with E-state index in [1.807, 2.05) is 42.5 Å². The molecule has 0 aliphatic heterocycles. The molecule has 0 unspecified atom stereocenters. The molecule has 1 atom stereocenters. The lowest BCUT2D eigenvalue weighted by atomic mass is 10.0. The summed E-state index contributed by atoms with van der Waals surface area (Å²) >= 11 is 7.21. The van der Waals surface area contributed by atoms with Crippen molar-refractivity contribution in [2.24, 2.45) is 0 Å². The van der Waals surface area contributed by atoms with Crippen molar-refractivity contribution in [3.05, 3.63) is 65.2 Å². The van der Waals surface area contributed by atoms with Crippen LogP contribution >= 0.6 is 22.9 Å². The summed E-state index contributed by atoms with van der Waals surface area (Å²) in [6, 6.07) is 16.2. The summed E-state index contributed by atoms with van der Waals surface area (Å²) in [4.78, 5) is 25.5. The van der Waals surface area contributed by atoms with Gasteiger partial charge in [0, 0.05) is 23.4 Å². The van der Waals surface area contributed by atoms with Crippen molar-refractivity contribution in [3.63, 3.8) is 0 Å². The van der Waals surface area contributed by atoms with Crippen LogP contribution in [0.25, 0.3) is 10.6 Å². The zero-order valence-corrected chi connectivity index (χ0v) is 19.6. The first-order valence-corrected chi connectivity index (χ1v) is 12.0. The predicted octanol–water partition coefficient (Wildman–Crippen LogP) is 5.49. The van der Waals surface area contributed by atoms with E-state index in [0.717, 1.165) is 36.8 Å². The van der Waals surface area contributed by atoms with Gasteiger partial charge < -0.3 is 5.32 Å². The smallest absolute Gasteiger partial charge is 0.249 e. The molecule has 0 fully saturated rings. The quantitative estimate of drug-likeness (QED) is 0.362. The molecule has 0 bridgehead atoms. The lowest BCUT2D eigenvalue weighted by molar-refractivity contribution is -0.126. The number of anilines is 1. The van der Waals surface area contributed by atoms with Gasteiger partial charge in [0.15, 0.2) is 0 Å². The molecule has 1 aromatic heterocycles. The number of hydrogen-bond donors (Lipinski definition) is 2. The Bertz CT molecular complexity index is 1010.